The minimum absolute atomic E-state index is 0.193. The molecule has 0 aliphatic carbocycles. The molecule has 4 nitrogen and oxygen atoms in total. The van der Waals surface area contributed by atoms with Gasteiger partial charge in [0.25, 0.3) is 0 Å². The number of urea groups is 1. The minimum atomic E-state index is -0.337. The predicted octanol–water partition coefficient (Wildman–Crippen LogP) is 3.25. The fourth-order valence-corrected chi connectivity index (χ4v) is 2.24. The fraction of sp³-hybridized carbons (Fsp3) is 0.188. The first-order valence-electron chi connectivity index (χ1n) is 6.74. The molecule has 1 aliphatic heterocycles. The van der Waals surface area contributed by atoms with E-state index in [9.17, 15) is 9.18 Å². The van der Waals surface area contributed by atoms with Gasteiger partial charge in [0.15, 0.2) is 0 Å². The van der Waals surface area contributed by atoms with Gasteiger partial charge in [0.05, 0.1) is 13.1 Å². The molecule has 0 saturated carbocycles. The number of ether oxygens (including phenoxy) is 1. The first kappa shape index (κ1) is 13.4. The number of benzene rings is 2. The largest absolute Gasteiger partial charge is 0.491 e. The van der Waals surface area contributed by atoms with Gasteiger partial charge in [0.1, 0.15) is 18.2 Å². The van der Waals surface area contributed by atoms with Crippen LogP contribution in [0.2, 0.25) is 0 Å². The second-order valence-electron chi connectivity index (χ2n) is 4.82. The van der Waals surface area contributed by atoms with Crippen LogP contribution in [0.5, 0.6) is 5.75 Å². The first-order valence-corrected chi connectivity index (χ1v) is 6.74. The van der Waals surface area contributed by atoms with Crippen molar-refractivity contribution in [3.05, 3.63) is 59.9 Å². The van der Waals surface area contributed by atoms with Crippen molar-refractivity contribution in [3.63, 3.8) is 0 Å². The molecule has 108 valence electrons. The third-order valence-electron chi connectivity index (χ3n) is 3.32. The molecule has 1 heterocycles. The van der Waals surface area contributed by atoms with E-state index in [0.29, 0.717) is 25.4 Å². The van der Waals surface area contributed by atoms with Crippen LogP contribution in [0.4, 0.5) is 14.9 Å². The van der Waals surface area contributed by atoms with Crippen LogP contribution in [0.25, 0.3) is 0 Å². The number of carbonyl (C=O) groups is 1. The Hall–Kier alpha value is -2.56. The van der Waals surface area contributed by atoms with Crippen LogP contribution in [0.3, 0.4) is 0 Å². The van der Waals surface area contributed by atoms with Crippen LogP contribution in [-0.2, 0) is 6.54 Å². The number of halogens is 1. The van der Waals surface area contributed by atoms with E-state index in [4.69, 9.17) is 4.74 Å². The zero-order valence-electron chi connectivity index (χ0n) is 11.4. The number of para-hydroxylation sites is 1. The zero-order chi connectivity index (χ0) is 14.7. The number of carbonyl (C=O) groups excluding carboxylic acids is 1. The quantitative estimate of drug-likeness (QED) is 0.874. The third-order valence-corrected chi connectivity index (χ3v) is 3.32. The molecule has 3 rings (SSSR count). The number of fused-ring (bicyclic) bond motifs is 1. The van der Waals surface area contributed by atoms with Crippen molar-refractivity contribution >= 4 is 11.7 Å². The molecular weight excluding hydrogens is 271 g/mol. The Kier molecular flexibility index (Phi) is 3.73. The Bertz CT molecular complexity index is 646. The summed E-state index contributed by atoms with van der Waals surface area (Å²) in [5.41, 5.74) is 1.55. The monoisotopic (exact) mass is 286 g/mol. The van der Waals surface area contributed by atoms with E-state index in [1.165, 1.54) is 12.1 Å². The van der Waals surface area contributed by atoms with E-state index in [2.05, 4.69) is 5.32 Å². The van der Waals surface area contributed by atoms with Gasteiger partial charge in [-0.05, 0) is 18.2 Å². The van der Waals surface area contributed by atoms with Crippen LogP contribution in [0, 0.1) is 5.82 Å². The number of nitrogens with zero attached hydrogens (tertiary/aromatic N) is 1. The number of hydrogen-bond donors (Lipinski definition) is 1. The number of rotatable bonds is 1. The van der Waals surface area contributed by atoms with Crippen molar-refractivity contribution in [1.82, 2.24) is 4.90 Å². The number of hydrogen-bond acceptors (Lipinski definition) is 2. The first-order chi connectivity index (χ1) is 10.2. The fourth-order valence-electron chi connectivity index (χ4n) is 2.24. The molecule has 0 spiro atoms. The van der Waals surface area contributed by atoms with E-state index < -0.39 is 0 Å². The van der Waals surface area contributed by atoms with Crippen molar-refractivity contribution in [1.29, 1.82) is 0 Å². The van der Waals surface area contributed by atoms with Gasteiger partial charge in [-0.3, -0.25) is 0 Å². The zero-order valence-corrected chi connectivity index (χ0v) is 11.4. The molecule has 0 atom stereocenters. The number of nitrogens with one attached hydrogen (secondary N) is 1. The SMILES string of the molecule is O=C(Nc1ccccc1)N1CCOc2cc(F)ccc2C1. The molecule has 0 radical (unpaired) electrons. The summed E-state index contributed by atoms with van der Waals surface area (Å²) in [7, 11) is 0. The molecule has 1 N–H and O–H groups in total. The molecule has 21 heavy (non-hydrogen) atoms. The van der Waals surface area contributed by atoms with Crippen LogP contribution in [0.15, 0.2) is 48.5 Å². The highest BCUT2D eigenvalue weighted by Gasteiger charge is 2.20. The second-order valence-corrected chi connectivity index (χ2v) is 4.82. The molecule has 0 fully saturated rings. The van der Waals surface area contributed by atoms with Crippen LogP contribution in [0.1, 0.15) is 5.56 Å². The number of anilines is 1. The molecule has 0 bridgehead atoms. The van der Waals surface area contributed by atoms with Crippen LogP contribution >= 0.6 is 0 Å². The van der Waals surface area contributed by atoms with Crippen molar-refractivity contribution in [3.8, 4) is 5.75 Å². The summed E-state index contributed by atoms with van der Waals surface area (Å²) in [5, 5.41) is 2.84. The van der Waals surface area contributed by atoms with E-state index in [-0.39, 0.29) is 11.8 Å². The summed E-state index contributed by atoms with van der Waals surface area (Å²) in [6.45, 7) is 1.20. The summed E-state index contributed by atoms with van der Waals surface area (Å²) in [4.78, 5) is 13.9. The highest BCUT2D eigenvalue weighted by atomic mass is 19.1. The van der Waals surface area contributed by atoms with Gasteiger partial charge in [-0.15, -0.1) is 0 Å². The molecule has 0 saturated heterocycles. The highest BCUT2D eigenvalue weighted by Crippen LogP contribution is 2.24. The summed E-state index contributed by atoms with van der Waals surface area (Å²) < 4.78 is 18.7. The molecule has 2 aromatic rings. The van der Waals surface area contributed by atoms with Gasteiger partial charge >= 0.3 is 6.03 Å². The normalized spacial score (nSPS) is 13.9. The summed E-state index contributed by atoms with van der Waals surface area (Å²) in [5.74, 6) is 0.168. The molecule has 2 aromatic carbocycles. The van der Waals surface area contributed by atoms with Gasteiger partial charge in [0.2, 0.25) is 0 Å². The van der Waals surface area contributed by atoms with Gasteiger partial charge in [-0.2, -0.15) is 0 Å². The lowest BCUT2D eigenvalue weighted by Gasteiger charge is -2.20. The molecule has 0 aromatic heterocycles. The van der Waals surface area contributed by atoms with Crippen LogP contribution in [-0.4, -0.2) is 24.1 Å². The molecule has 2 amide bonds. The average molecular weight is 286 g/mol. The van der Waals surface area contributed by atoms with Crippen molar-refractivity contribution in [2.45, 2.75) is 6.54 Å². The predicted molar refractivity (Wildman–Crippen MR) is 77.8 cm³/mol. The van der Waals surface area contributed by atoms with Gasteiger partial charge < -0.3 is 15.0 Å². The Morgan fingerprint density at radius 1 is 1.19 bits per heavy atom. The third kappa shape index (κ3) is 3.13. The lowest BCUT2D eigenvalue weighted by Crippen LogP contribution is -2.36. The Labute approximate surface area is 122 Å². The van der Waals surface area contributed by atoms with Gasteiger partial charge in [-0.1, -0.05) is 24.3 Å². The molecule has 0 unspecified atom stereocenters. The van der Waals surface area contributed by atoms with E-state index >= 15 is 0 Å². The minimum Gasteiger partial charge on any atom is -0.491 e. The Morgan fingerprint density at radius 3 is 2.81 bits per heavy atom. The standard InChI is InChI=1S/C16H15FN2O2/c17-13-7-6-12-11-19(8-9-21-15(12)10-13)16(20)18-14-4-2-1-3-5-14/h1-7,10H,8-9,11H2,(H,18,20). The van der Waals surface area contributed by atoms with Crippen LogP contribution < -0.4 is 10.1 Å². The lowest BCUT2D eigenvalue weighted by molar-refractivity contribution is 0.200. The summed E-state index contributed by atoms with van der Waals surface area (Å²) >= 11 is 0. The highest BCUT2D eigenvalue weighted by molar-refractivity contribution is 5.89. The molecule has 5 heteroatoms. The van der Waals surface area contributed by atoms with Crippen molar-refractivity contribution in [2.24, 2.45) is 0 Å². The van der Waals surface area contributed by atoms with E-state index in [0.717, 1.165) is 11.3 Å². The molecular formula is C16H15FN2O2. The summed E-state index contributed by atoms with van der Waals surface area (Å²) in [6, 6.07) is 13.5. The topological polar surface area (TPSA) is 41.6 Å². The smallest absolute Gasteiger partial charge is 0.322 e. The summed E-state index contributed by atoms with van der Waals surface area (Å²) in [6.07, 6.45) is 0. The maximum atomic E-state index is 13.2. The Balaban J connectivity index is 1.74. The van der Waals surface area contributed by atoms with E-state index in [1.54, 1.807) is 11.0 Å². The van der Waals surface area contributed by atoms with Gasteiger partial charge in [-0.25, -0.2) is 9.18 Å². The van der Waals surface area contributed by atoms with E-state index in [1.807, 2.05) is 30.3 Å². The van der Waals surface area contributed by atoms with Crippen molar-refractivity contribution in [2.75, 3.05) is 18.5 Å². The second kappa shape index (κ2) is 5.83. The number of amides is 2. The maximum absolute atomic E-state index is 13.2. The van der Waals surface area contributed by atoms with Crippen molar-refractivity contribution < 1.29 is 13.9 Å². The Morgan fingerprint density at radius 2 is 2.00 bits per heavy atom. The maximum Gasteiger partial charge on any atom is 0.322 e. The molecule has 1 aliphatic rings. The van der Waals surface area contributed by atoms with Gasteiger partial charge in [0, 0.05) is 17.3 Å². The lowest BCUT2D eigenvalue weighted by atomic mass is 10.2. The average Bonchev–Trinajstić information content (AvgIpc) is 2.70.